The molecule has 0 aliphatic carbocycles. The minimum absolute atomic E-state index is 0.225. The highest BCUT2D eigenvalue weighted by atomic mass is 79.9. The number of rotatable bonds is 8. The maximum Gasteiger partial charge on any atom is 0.239 e. The van der Waals surface area contributed by atoms with Gasteiger partial charge in [-0.15, -0.1) is 5.10 Å². The summed E-state index contributed by atoms with van der Waals surface area (Å²) in [5.74, 6) is -0.680. The van der Waals surface area contributed by atoms with Gasteiger partial charge in [-0.2, -0.15) is 5.10 Å². The van der Waals surface area contributed by atoms with Gasteiger partial charge in [0.15, 0.2) is 16.7 Å². The summed E-state index contributed by atoms with van der Waals surface area (Å²) in [6.07, 6.45) is 1.09. The molecular weight excluding hydrogens is 474 g/mol. The number of nitrogens with one attached hydrogen (secondary N) is 1. The number of carboxylic acid groups (broad SMARTS) is 1. The van der Waals surface area contributed by atoms with Crippen molar-refractivity contribution in [1.82, 2.24) is 5.32 Å². The van der Waals surface area contributed by atoms with Crippen LogP contribution in [-0.2, 0) is 16.2 Å². The van der Waals surface area contributed by atoms with Crippen LogP contribution in [-0.4, -0.2) is 35.6 Å². The van der Waals surface area contributed by atoms with E-state index < -0.39 is 17.1 Å². The van der Waals surface area contributed by atoms with Gasteiger partial charge in [-0.3, -0.25) is 4.79 Å². The normalized spacial score (nSPS) is 17.3. The highest BCUT2D eigenvalue weighted by molar-refractivity contribution is 9.10. The van der Waals surface area contributed by atoms with Gasteiger partial charge in [0.1, 0.15) is 6.61 Å². The summed E-state index contributed by atoms with van der Waals surface area (Å²) in [6.45, 7) is 0.333. The Labute approximate surface area is 185 Å². The smallest absolute Gasteiger partial charge is 0.239 e. The van der Waals surface area contributed by atoms with Gasteiger partial charge in [-0.1, -0.05) is 45.9 Å². The molecule has 1 amide bonds. The maximum absolute atomic E-state index is 11.7. The molecule has 10 heteroatoms. The maximum atomic E-state index is 11.7. The Morgan fingerprint density at radius 2 is 2.07 bits per heavy atom. The van der Waals surface area contributed by atoms with E-state index in [1.54, 1.807) is 25.3 Å². The lowest BCUT2D eigenvalue weighted by Gasteiger charge is -2.13. The zero-order valence-corrected chi connectivity index (χ0v) is 18.2. The van der Waals surface area contributed by atoms with Crippen molar-refractivity contribution in [2.24, 2.45) is 10.2 Å². The van der Waals surface area contributed by atoms with Crippen LogP contribution in [0.2, 0.25) is 0 Å². The van der Waals surface area contributed by atoms with Crippen LogP contribution in [0.25, 0.3) is 0 Å². The largest absolute Gasteiger partial charge is 0.550 e. The lowest BCUT2D eigenvalue weighted by Crippen LogP contribution is -2.31. The van der Waals surface area contributed by atoms with E-state index in [-0.39, 0.29) is 11.6 Å². The molecule has 1 atom stereocenters. The number of ether oxygens (including phenoxy) is 2. The minimum atomic E-state index is -1.30. The first kappa shape index (κ1) is 21.8. The van der Waals surface area contributed by atoms with Crippen LogP contribution in [0.5, 0.6) is 11.5 Å². The molecule has 0 bridgehead atoms. The summed E-state index contributed by atoms with van der Waals surface area (Å²) in [6, 6.07) is 13.1. The van der Waals surface area contributed by atoms with Crippen LogP contribution in [0.4, 0.5) is 0 Å². The van der Waals surface area contributed by atoms with E-state index in [9.17, 15) is 14.7 Å². The van der Waals surface area contributed by atoms with Crippen LogP contribution >= 0.6 is 27.7 Å². The topological polar surface area (TPSA) is 112 Å². The quantitative estimate of drug-likeness (QED) is 0.447. The zero-order chi connectivity index (χ0) is 21.5. The Hall–Kier alpha value is -2.85. The van der Waals surface area contributed by atoms with Crippen molar-refractivity contribution in [2.75, 3.05) is 7.11 Å². The molecule has 0 radical (unpaired) electrons. The molecule has 0 saturated carbocycles. The summed E-state index contributed by atoms with van der Waals surface area (Å²) in [5, 5.41) is 20.6. The number of para-hydroxylation sites is 1. The predicted molar refractivity (Wildman–Crippen MR) is 116 cm³/mol. The lowest BCUT2D eigenvalue weighted by atomic mass is 10.2. The molecular formula is C20H17BrN3O5S-. The third kappa shape index (κ3) is 5.83. The number of benzene rings is 2. The first-order valence-electron chi connectivity index (χ1n) is 8.79. The molecule has 2 aromatic carbocycles. The summed E-state index contributed by atoms with van der Waals surface area (Å²) in [4.78, 5) is 22.4. The molecule has 0 unspecified atom stereocenters. The number of hydrogen-bond donors (Lipinski definition) is 1. The van der Waals surface area contributed by atoms with Crippen molar-refractivity contribution < 1.29 is 24.2 Å². The van der Waals surface area contributed by atoms with E-state index in [4.69, 9.17) is 9.47 Å². The minimum Gasteiger partial charge on any atom is -0.550 e. The van der Waals surface area contributed by atoms with Crippen molar-refractivity contribution in [3.8, 4) is 11.5 Å². The summed E-state index contributed by atoms with van der Waals surface area (Å²) in [5.41, 5.74) is 1.62. The van der Waals surface area contributed by atoms with Crippen LogP contribution in [0.3, 0.4) is 0 Å². The molecule has 0 aromatic heterocycles. The van der Waals surface area contributed by atoms with Gasteiger partial charge in [0, 0.05) is 22.4 Å². The fourth-order valence-corrected chi connectivity index (χ4v) is 3.74. The number of aliphatic carboxylic acids is 1. The molecule has 2 aromatic rings. The third-order valence-electron chi connectivity index (χ3n) is 4.00. The monoisotopic (exact) mass is 490 g/mol. The first-order valence-corrected chi connectivity index (χ1v) is 10.5. The second-order valence-electron chi connectivity index (χ2n) is 6.12. The Bertz CT molecular complexity index is 994. The van der Waals surface area contributed by atoms with E-state index in [1.165, 1.54) is 6.21 Å². The highest BCUT2D eigenvalue weighted by Gasteiger charge is 2.30. The molecule has 1 saturated heterocycles. The molecule has 1 fully saturated rings. The zero-order valence-electron chi connectivity index (χ0n) is 15.8. The number of nitrogens with zero attached hydrogens (tertiary/aromatic N) is 2. The molecule has 156 valence electrons. The van der Waals surface area contributed by atoms with E-state index in [0.29, 0.717) is 23.7 Å². The Kier molecular flexibility index (Phi) is 7.47. The number of hydrogen-bond acceptors (Lipinski definition) is 8. The van der Waals surface area contributed by atoms with E-state index >= 15 is 0 Å². The fourth-order valence-electron chi connectivity index (χ4n) is 2.57. The van der Waals surface area contributed by atoms with Gasteiger partial charge in [0.2, 0.25) is 5.91 Å². The number of methoxy groups -OCH3 is 1. The van der Waals surface area contributed by atoms with Crippen molar-refractivity contribution in [3.05, 3.63) is 58.1 Å². The molecule has 1 aliphatic heterocycles. The Balaban J connectivity index is 1.73. The number of carbonyl (C=O) groups excluding carboxylic acids is 2. The molecule has 0 spiro atoms. The molecule has 1 heterocycles. The summed E-state index contributed by atoms with van der Waals surface area (Å²) >= 11 is 4.40. The summed E-state index contributed by atoms with van der Waals surface area (Å²) < 4.78 is 12.3. The van der Waals surface area contributed by atoms with Gasteiger partial charge in [-0.25, -0.2) is 0 Å². The van der Waals surface area contributed by atoms with Gasteiger partial charge in [0.25, 0.3) is 0 Å². The van der Waals surface area contributed by atoms with Crippen LogP contribution in [0.15, 0.2) is 57.1 Å². The molecule has 1 aliphatic rings. The number of amides is 1. The van der Waals surface area contributed by atoms with Gasteiger partial charge in [-0.05, 0) is 29.8 Å². The van der Waals surface area contributed by atoms with Crippen LogP contribution < -0.4 is 19.9 Å². The number of amidine groups is 1. The van der Waals surface area contributed by atoms with Crippen LogP contribution in [0, 0.1) is 0 Å². The SMILES string of the molecule is COc1cccc(/C=N\N=C2/NC(=O)[C@H](CC(=O)[O-])S2)c1OCc1ccc(Br)cc1. The Morgan fingerprint density at radius 1 is 1.30 bits per heavy atom. The van der Waals surface area contributed by atoms with E-state index in [2.05, 4.69) is 31.4 Å². The number of carbonyl (C=O) groups is 2. The van der Waals surface area contributed by atoms with Gasteiger partial charge < -0.3 is 24.7 Å². The number of halogens is 1. The average molecular weight is 491 g/mol. The van der Waals surface area contributed by atoms with E-state index in [1.807, 2.05) is 24.3 Å². The lowest BCUT2D eigenvalue weighted by molar-refractivity contribution is -0.305. The second kappa shape index (κ2) is 10.3. The van der Waals surface area contributed by atoms with Crippen molar-refractivity contribution in [1.29, 1.82) is 0 Å². The predicted octanol–water partition coefficient (Wildman–Crippen LogP) is 2.10. The van der Waals surface area contributed by atoms with Crippen molar-refractivity contribution in [2.45, 2.75) is 18.3 Å². The van der Waals surface area contributed by atoms with E-state index in [0.717, 1.165) is 21.8 Å². The Morgan fingerprint density at radius 3 is 2.77 bits per heavy atom. The van der Waals surface area contributed by atoms with Gasteiger partial charge in [0.05, 0.1) is 18.6 Å². The molecule has 3 rings (SSSR count). The average Bonchev–Trinajstić information content (AvgIpc) is 3.06. The molecule has 1 N–H and O–H groups in total. The highest BCUT2D eigenvalue weighted by Crippen LogP contribution is 2.31. The second-order valence-corrected chi connectivity index (χ2v) is 8.22. The third-order valence-corrected chi connectivity index (χ3v) is 5.60. The number of thioether (sulfide) groups is 1. The first-order chi connectivity index (χ1) is 14.5. The standard InChI is InChI=1S/C20H18BrN3O5S/c1-28-15-4-2-3-13(18(15)29-11-12-5-7-14(21)8-6-12)10-22-24-20-23-19(27)16(30-20)9-17(25)26/h2-8,10,16H,9,11H2,1H3,(H,25,26)(H,23,24,27)/p-1/b22-10-/t16-/m0/s1. The number of carboxylic acids is 1. The molecule has 8 nitrogen and oxygen atoms in total. The fraction of sp³-hybridized carbons (Fsp3) is 0.200. The summed E-state index contributed by atoms with van der Waals surface area (Å²) in [7, 11) is 1.55. The van der Waals surface area contributed by atoms with Gasteiger partial charge >= 0.3 is 0 Å². The van der Waals surface area contributed by atoms with Crippen molar-refractivity contribution in [3.63, 3.8) is 0 Å². The van der Waals surface area contributed by atoms with Crippen LogP contribution in [0.1, 0.15) is 17.5 Å². The van der Waals surface area contributed by atoms with Crippen molar-refractivity contribution >= 4 is 51.0 Å². The molecule has 30 heavy (non-hydrogen) atoms.